The van der Waals surface area contributed by atoms with Crippen LogP contribution in [0, 0.1) is 0 Å². The quantitative estimate of drug-likeness (QED) is 0.617. The van der Waals surface area contributed by atoms with Gasteiger partial charge >= 0.3 is 0 Å². The molecule has 1 aromatic carbocycles. The lowest BCUT2D eigenvalue weighted by Crippen LogP contribution is -2.28. The summed E-state index contributed by atoms with van der Waals surface area (Å²) in [6, 6.07) is 7.12. The lowest BCUT2D eigenvalue weighted by molar-refractivity contribution is 0.434. The Morgan fingerprint density at radius 3 is 2.44 bits per heavy atom. The van der Waals surface area contributed by atoms with Crippen molar-refractivity contribution < 1.29 is 0 Å². The third kappa shape index (κ3) is 5.85. The predicted molar refractivity (Wildman–Crippen MR) is 86.9 cm³/mol. The van der Waals surface area contributed by atoms with Gasteiger partial charge in [0.2, 0.25) is 0 Å². The predicted octanol–water partition coefficient (Wildman–Crippen LogP) is 5.66. The van der Waals surface area contributed by atoms with E-state index in [0.717, 1.165) is 15.5 Å². The third-order valence-electron chi connectivity index (χ3n) is 3.12. The van der Waals surface area contributed by atoms with Crippen LogP contribution in [0.5, 0.6) is 0 Å². The van der Waals surface area contributed by atoms with Gasteiger partial charge in [-0.25, -0.2) is 0 Å². The Morgan fingerprint density at radius 2 is 1.83 bits per heavy atom. The van der Waals surface area contributed by atoms with Crippen LogP contribution in [0.25, 0.3) is 0 Å². The summed E-state index contributed by atoms with van der Waals surface area (Å²) in [5, 5.41) is 3.68. The van der Waals surface area contributed by atoms with Crippen LogP contribution in [-0.2, 0) is 6.54 Å². The number of nitrogens with one attached hydrogen (secondary N) is 1. The molecule has 0 amide bonds. The summed E-state index contributed by atoms with van der Waals surface area (Å²) in [6.07, 6.45) is 6.43. The minimum atomic E-state index is 0.664. The van der Waals surface area contributed by atoms with Gasteiger partial charge in [0.1, 0.15) is 0 Å². The Hall–Kier alpha value is 0.140. The number of unbranched alkanes of at least 4 members (excludes halogenated alkanes) is 1. The SMILES string of the molecule is CCCCC(CCC)NCc1ccc(Br)c(Br)c1. The molecule has 1 unspecified atom stereocenters. The molecule has 0 spiro atoms. The van der Waals surface area contributed by atoms with Crippen LogP contribution in [0.3, 0.4) is 0 Å². The highest BCUT2D eigenvalue weighted by Gasteiger charge is 2.07. The molecule has 1 nitrogen and oxygen atoms in total. The van der Waals surface area contributed by atoms with Crippen LogP contribution in [0.2, 0.25) is 0 Å². The molecule has 1 atom stereocenters. The van der Waals surface area contributed by atoms with Crippen molar-refractivity contribution in [2.24, 2.45) is 0 Å². The fourth-order valence-electron chi connectivity index (χ4n) is 2.06. The molecular formula is C15H23Br2N. The lowest BCUT2D eigenvalue weighted by atomic mass is 10.0. The summed E-state index contributed by atoms with van der Waals surface area (Å²) >= 11 is 7.05. The van der Waals surface area contributed by atoms with Gasteiger partial charge in [-0.2, -0.15) is 0 Å². The average Bonchev–Trinajstić information content (AvgIpc) is 2.37. The Labute approximate surface area is 128 Å². The van der Waals surface area contributed by atoms with Gasteiger partial charge in [0.15, 0.2) is 0 Å². The minimum Gasteiger partial charge on any atom is -0.310 e. The van der Waals surface area contributed by atoms with Crippen molar-refractivity contribution in [3.05, 3.63) is 32.7 Å². The molecule has 1 N–H and O–H groups in total. The Kier molecular flexibility index (Phi) is 8.20. The van der Waals surface area contributed by atoms with Gasteiger partial charge in [0.05, 0.1) is 0 Å². The first-order valence-corrected chi connectivity index (χ1v) is 8.43. The fourth-order valence-corrected chi connectivity index (χ4v) is 2.73. The van der Waals surface area contributed by atoms with E-state index in [1.54, 1.807) is 0 Å². The first-order chi connectivity index (χ1) is 8.67. The summed E-state index contributed by atoms with van der Waals surface area (Å²) in [6.45, 7) is 5.48. The van der Waals surface area contributed by atoms with Crippen LogP contribution >= 0.6 is 31.9 Å². The molecule has 0 saturated carbocycles. The van der Waals surface area contributed by atoms with Gasteiger partial charge in [0.25, 0.3) is 0 Å². The molecule has 0 aliphatic heterocycles. The number of hydrogen-bond acceptors (Lipinski definition) is 1. The molecule has 0 heterocycles. The van der Waals surface area contributed by atoms with Crippen LogP contribution in [0.15, 0.2) is 27.1 Å². The monoisotopic (exact) mass is 375 g/mol. The molecular weight excluding hydrogens is 354 g/mol. The van der Waals surface area contributed by atoms with E-state index < -0.39 is 0 Å². The highest BCUT2D eigenvalue weighted by molar-refractivity contribution is 9.13. The third-order valence-corrected chi connectivity index (χ3v) is 5.00. The van der Waals surface area contributed by atoms with Gasteiger partial charge in [-0.15, -0.1) is 0 Å². The topological polar surface area (TPSA) is 12.0 Å². The number of hydrogen-bond donors (Lipinski definition) is 1. The van der Waals surface area contributed by atoms with E-state index in [9.17, 15) is 0 Å². The fraction of sp³-hybridized carbons (Fsp3) is 0.600. The molecule has 0 radical (unpaired) electrons. The Balaban J connectivity index is 2.47. The Bertz CT molecular complexity index is 352. The van der Waals surface area contributed by atoms with E-state index in [0.29, 0.717) is 6.04 Å². The molecule has 18 heavy (non-hydrogen) atoms. The van der Waals surface area contributed by atoms with Crippen LogP contribution < -0.4 is 5.32 Å². The summed E-state index contributed by atoms with van der Waals surface area (Å²) in [4.78, 5) is 0. The van der Waals surface area contributed by atoms with Crippen molar-refractivity contribution in [1.82, 2.24) is 5.32 Å². The van der Waals surface area contributed by atoms with E-state index in [-0.39, 0.29) is 0 Å². The highest BCUT2D eigenvalue weighted by atomic mass is 79.9. The molecule has 3 heteroatoms. The molecule has 0 bridgehead atoms. The standard InChI is InChI=1S/C15H23Br2N/c1-3-5-7-13(6-4-2)18-11-12-8-9-14(16)15(17)10-12/h8-10,13,18H,3-7,11H2,1-2H3. The zero-order valence-electron chi connectivity index (χ0n) is 11.3. The normalized spacial score (nSPS) is 12.7. The van der Waals surface area contributed by atoms with Crippen LogP contribution in [0.1, 0.15) is 51.5 Å². The Morgan fingerprint density at radius 1 is 1.06 bits per heavy atom. The molecule has 1 aromatic rings. The van der Waals surface area contributed by atoms with Gasteiger partial charge in [0, 0.05) is 21.5 Å². The van der Waals surface area contributed by atoms with E-state index in [2.05, 4.69) is 69.2 Å². The molecule has 1 rings (SSSR count). The van der Waals surface area contributed by atoms with Crippen molar-refractivity contribution in [2.75, 3.05) is 0 Å². The minimum absolute atomic E-state index is 0.664. The smallest absolute Gasteiger partial charge is 0.0320 e. The second-order valence-electron chi connectivity index (χ2n) is 4.76. The molecule has 0 fully saturated rings. The highest BCUT2D eigenvalue weighted by Crippen LogP contribution is 2.23. The zero-order chi connectivity index (χ0) is 13.4. The van der Waals surface area contributed by atoms with Crippen molar-refractivity contribution >= 4 is 31.9 Å². The number of rotatable bonds is 8. The van der Waals surface area contributed by atoms with E-state index in [1.165, 1.54) is 37.7 Å². The maximum Gasteiger partial charge on any atom is 0.0320 e. The molecule has 0 aliphatic rings. The number of benzene rings is 1. The van der Waals surface area contributed by atoms with Crippen molar-refractivity contribution in [2.45, 2.75) is 58.5 Å². The summed E-state index contributed by atoms with van der Waals surface area (Å²) in [5.74, 6) is 0. The first kappa shape index (κ1) is 16.2. The van der Waals surface area contributed by atoms with E-state index >= 15 is 0 Å². The van der Waals surface area contributed by atoms with Gasteiger partial charge < -0.3 is 5.32 Å². The lowest BCUT2D eigenvalue weighted by Gasteiger charge is -2.18. The van der Waals surface area contributed by atoms with Crippen molar-refractivity contribution in [1.29, 1.82) is 0 Å². The van der Waals surface area contributed by atoms with E-state index in [1.807, 2.05) is 0 Å². The second kappa shape index (κ2) is 9.11. The van der Waals surface area contributed by atoms with Crippen molar-refractivity contribution in [3.8, 4) is 0 Å². The molecule has 0 saturated heterocycles. The maximum atomic E-state index is 3.68. The summed E-state index contributed by atoms with van der Waals surface area (Å²) in [5.41, 5.74) is 1.34. The summed E-state index contributed by atoms with van der Waals surface area (Å²) in [7, 11) is 0. The number of halogens is 2. The zero-order valence-corrected chi connectivity index (χ0v) is 14.5. The van der Waals surface area contributed by atoms with Gasteiger partial charge in [-0.3, -0.25) is 0 Å². The summed E-state index contributed by atoms with van der Waals surface area (Å²) < 4.78 is 2.24. The first-order valence-electron chi connectivity index (χ1n) is 6.84. The van der Waals surface area contributed by atoms with Crippen molar-refractivity contribution in [3.63, 3.8) is 0 Å². The largest absolute Gasteiger partial charge is 0.310 e. The van der Waals surface area contributed by atoms with Gasteiger partial charge in [-0.1, -0.05) is 39.2 Å². The van der Waals surface area contributed by atoms with E-state index in [4.69, 9.17) is 0 Å². The second-order valence-corrected chi connectivity index (χ2v) is 6.47. The van der Waals surface area contributed by atoms with Gasteiger partial charge in [-0.05, 0) is 62.4 Å². The van der Waals surface area contributed by atoms with Crippen LogP contribution in [0.4, 0.5) is 0 Å². The molecule has 0 aliphatic carbocycles. The maximum absolute atomic E-state index is 3.68. The van der Waals surface area contributed by atoms with Crippen LogP contribution in [-0.4, -0.2) is 6.04 Å². The average molecular weight is 377 g/mol. The molecule has 102 valence electrons. The molecule has 0 aromatic heterocycles.